The van der Waals surface area contributed by atoms with Crippen LogP contribution in [0, 0.1) is 12.7 Å². The van der Waals surface area contributed by atoms with Gasteiger partial charge < -0.3 is 10.2 Å². The second-order valence-electron chi connectivity index (χ2n) is 10.9. The summed E-state index contributed by atoms with van der Waals surface area (Å²) in [7, 11) is -4.38. The van der Waals surface area contributed by atoms with Gasteiger partial charge in [-0.1, -0.05) is 95.5 Å². The van der Waals surface area contributed by atoms with Crippen LogP contribution in [-0.4, -0.2) is 43.8 Å². The number of nitrogens with one attached hydrogen (secondary N) is 1. The summed E-state index contributed by atoms with van der Waals surface area (Å²) in [6.45, 7) is 4.36. The van der Waals surface area contributed by atoms with Crippen molar-refractivity contribution in [3.8, 4) is 0 Å². The molecule has 1 unspecified atom stereocenters. The van der Waals surface area contributed by atoms with Gasteiger partial charge in [0.2, 0.25) is 11.8 Å². The summed E-state index contributed by atoms with van der Waals surface area (Å²) in [5.74, 6) is -1.78. The Bertz CT molecular complexity index is 1750. The van der Waals surface area contributed by atoms with Gasteiger partial charge in [-0.2, -0.15) is 0 Å². The minimum absolute atomic E-state index is 0.0184. The van der Waals surface area contributed by atoms with Crippen molar-refractivity contribution in [1.29, 1.82) is 0 Å². The van der Waals surface area contributed by atoms with Crippen molar-refractivity contribution in [2.24, 2.45) is 0 Å². The van der Waals surface area contributed by atoms with Crippen LogP contribution < -0.4 is 9.62 Å². The quantitative estimate of drug-likeness (QED) is 0.180. The van der Waals surface area contributed by atoms with Crippen molar-refractivity contribution in [2.75, 3.05) is 10.8 Å². The van der Waals surface area contributed by atoms with Gasteiger partial charge in [0.15, 0.2) is 0 Å². The van der Waals surface area contributed by atoms with Crippen LogP contribution in [0.4, 0.5) is 10.1 Å². The standard InChI is InChI=1S/C34H34Cl2FN3O4S/c1-23(2)38-34(42)31(20-25-10-5-4-6-11-25)39(21-26-12-7-8-14-29(26)37)32(41)22-40(30-15-9-13-28(35)33(30)36)45(43,44)27-18-16-24(3)17-19-27/h4-19,23,31H,20-22H2,1-3H3,(H,38,42). The maximum atomic E-state index is 15.0. The zero-order valence-corrected chi connectivity index (χ0v) is 27.4. The molecule has 0 aliphatic rings. The van der Waals surface area contributed by atoms with Crippen molar-refractivity contribution in [2.45, 2.75) is 50.7 Å². The Balaban J connectivity index is 1.85. The molecule has 0 saturated heterocycles. The summed E-state index contributed by atoms with van der Waals surface area (Å²) < 4.78 is 44.1. The lowest BCUT2D eigenvalue weighted by molar-refractivity contribution is -0.140. The highest BCUT2D eigenvalue weighted by Crippen LogP contribution is 2.35. The lowest BCUT2D eigenvalue weighted by Gasteiger charge is -2.34. The van der Waals surface area contributed by atoms with Crippen LogP contribution >= 0.6 is 23.2 Å². The Morgan fingerprint density at radius 2 is 1.51 bits per heavy atom. The van der Waals surface area contributed by atoms with E-state index in [9.17, 15) is 18.0 Å². The molecular weight excluding hydrogens is 636 g/mol. The highest BCUT2D eigenvalue weighted by molar-refractivity contribution is 7.92. The van der Waals surface area contributed by atoms with E-state index in [4.69, 9.17) is 23.2 Å². The number of halogens is 3. The van der Waals surface area contributed by atoms with Crippen molar-refractivity contribution >= 4 is 50.7 Å². The topological polar surface area (TPSA) is 86.8 Å². The number of amides is 2. The number of aryl methyl sites for hydroxylation is 1. The zero-order chi connectivity index (χ0) is 32.7. The van der Waals surface area contributed by atoms with E-state index in [0.717, 1.165) is 15.4 Å². The second kappa shape index (κ2) is 14.9. The summed E-state index contributed by atoms with van der Waals surface area (Å²) in [5, 5.41) is 2.89. The van der Waals surface area contributed by atoms with E-state index in [1.165, 1.54) is 53.4 Å². The third-order valence-electron chi connectivity index (χ3n) is 7.09. The van der Waals surface area contributed by atoms with Gasteiger partial charge in [0, 0.05) is 24.6 Å². The third kappa shape index (κ3) is 8.42. The highest BCUT2D eigenvalue weighted by Gasteiger charge is 2.36. The summed E-state index contributed by atoms with van der Waals surface area (Å²) in [4.78, 5) is 29.3. The smallest absolute Gasteiger partial charge is 0.264 e. The molecular formula is C34H34Cl2FN3O4S. The molecule has 11 heteroatoms. The molecule has 0 aliphatic carbocycles. The lowest BCUT2D eigenvalue weighted by atomic mass is 10.0. The molecule has 7 nitrogen and oxygen atoms in total. The van der Waals surface area contributed by atoms with Gasteiger partial charge in [-0.3, -0.25) is 13.9 Å². The molecule has 4 rings (SSSR count). The molecule has 0 saturated carbocycles. The number of anilines is 1. The van der Waals surface area contributed by atoms with Crippen molar-refractivity contribution < 1.29 is 22.4 Å². The average Bonchev–Trinajstić information content (AvgIpc) is 3.00. The number of hydrogen-bond acceptors (Lipinski definition) is 4. The molecule has 0 bridgehead atoms. The van der Waals surface area contributed by atoms with Crippen molar-refractivity contribution in [3.05, 3.63) is 130 Å². The fourth-order valence-corrected chi connectivity index (χ4v) is 6.65. The number of nitrogens with zero attached hydrogens (tertiary/aromatic N) is 2. The van der Waals surface area contributed by atoms with E-state index in [2.05, 4.69) is 5.32 Å². The summed E-state index contributed by atoms with van der Waals surface area (Å²) in [5.41, 5.74) is 1.74. The predicted octanol–water partition coefficient (Wildman–Crippen LogP) is 6.80. The van der Waals surface area contributed by atoms with Gasteiger partial charge in [0.05, 0.1) is 20.6 Å². The first-order chi connectivity index (χ1) is 21.4. The van der Waals surface area contributed by atoms with E-state index >= 15 is 4.39 Å². The van der Waals surface area contributed by atoms with E-state index < -0.39 is 40.2 Å². The number of sulfonamides is 1. The molecule has 4 aromatic rings. The Hall–Kier alpha value is -3.92. The van der Waals surface area contributed by atoms with E-state index in [1.54, 1.807) is 32.0 Å². The number of carbonyl (C=O) groups is 2. The van der Waals surface area contributed by atoms with Crippen LogP contribution in [0.5, 0.6) is 0 Å². The average molecular weight is 671 g/mol. The fraction of sp³-hybridized carbons (Fsp3) is 0.235. The number of hydrogen-bond donors (Lipinski definition) is 1. The van der Waals surface area contributed by atoms with Gasteiger partial charge in [0.25, 0.3) is 10.0 Å². The predicted molar refractivity (Wildman–Crippen MR) is 176 cm³/mol. The van der Waals surface area contributed by atoms with Gasteiger partial charge in [-0.05, 0) is 56.7 Å². The molecule has 45 heavy (non-hydrogen) atoms. The Morgan fingerprint density at radius 1 is 0.867 bits per heavy atom. The maximum absolute atomic E-state index is 15.0. The Kier molecular flexibility index (Phi) is 11.3. The molecule has 0 spiro atoms. The van der Waals surface area contributed by atoms with Crippen LogP contribution in [-0.2, 0) is 32.6 Å². The molecule has 0 radical (unpaired) electrons. The minimum atomic E-state index is -4.38. The van der Waals surface area contributed by atoms with Gasteiger partial charge >= 0.3 is 0 Å². The third-order valence-corrected chi connectivity index (χ3v) is 9.67. The van der Waals surface area contributed by atoms with Crippen LogP contribution in [0.3, 0.4) is 0 Å². The van der Waals surface area contributed by atoms with Crippen LogP contribution in [0.1, 0.15) is 30.5 Å². The molecule has 1 N–H and O–H groups in total. The molecule has 4 aromatic carbocycles. The molecule has 236 valence electrons. The van der Waals surface area contributed by atoms with Crippen molar-refractivity contribution in [1.82, 2.24) is 10.2 Å². The minimum Gasteiger partial charge on any atom is -0.352 e. The van der Waals surface area contributed by atoms with Gasteiger partial charge in [0.1, 0.15) is 18.4 Å². The number of carbonyl (C=O) groups excluding carboxylic acids is 2. The monoisotopic (exact) mass is 669 g/mol. The zero-order valence-electron chi connectivity index (χ0n) is 25.1. The largest absolute Gasteiger partial charge is 0.352 e. The Morgan fingerprint density at radius 3 is 2.16 bits per heavy atom. The Labute approximate surface area is 273 Å². The van der Waals surface area contributed by atoms with Gasteiger partial charge in [-0.15, -0.1) is 0 Å². The number of rotatable bonds is 12. The summed E-state index contributed by atoms with van der Waals surface area (Å²) in [6, 6.07) is 24.3. The lowest BCUT2D eigenvalue weighted by Crippen LogP contribution is -2.54. The normalized spacial score (nSPS) is 12.1. The van der Waals surface area contributed by atoms with Gasteiger partial charge in [-0.25, -0.2) is 12.8 Å². The van der Waals surface area contributed by atoms with Crippen LogP contribution in [0.25, 0.3) is 0 Å². The maximum Gasteiger partial charge on any atom is 0.264 e. The second-order valence-corrected chi connectivity index (χ2v) is 13.5. The first kappa shape index (κ1) is 34.0. The van der Waals surface area contributed by atoms with Crippen LogP contribution in [0.15, 0.2) is 102 Å². The summed E-state index contributed by atoms with van der Waals surface area (Å²) in [6.07, 6.45) is 0.0994. The van der Waals surface area contributed by atoms with Crippen LogP contribution in [0.2, 0.25) is 10.0 Å². The highest BCUT2D eigenvalue weighted by atomic mass is 35.5. The van der Waals surface area contributed by atoms with E-state index in [0.29, 0.717) is 0 Å². The first-order valence-corrected chi connectivity index (χ1v) is 16.5. The summed E-state index contributed by atoms with van der Waals surface area (Å²) >= 11 is 12.8. The number of benzene rings is 4. The first-order valence-electron chi connectivity index (χ1n) is 14.3. The van der Waals surface area contributed by atoms with E-state index in [1.807, 2.05) is 37.3 Å². The molecule has 0 aromatic heterocycles. The van der Waals surface area contributed by atoms with Crippen molar-refractivity contribution in [3.63, 3.8) is 0 Å². The fourth-order valence-electron chi connectivity index (χ4n) is 4.78. The molecule has 0 fully saturated rings. The van der Waals surface area contributed by atoms with E-state index in [-0.39, 0.29) is 45.2 Å². The molecule has 0 heterocycles. The molecule has 1 atom stereocenters. The SMILES string of the molecule is Cc1ccc(S(=O)(=O)N(CC(=O)N(Cc2ccccc2F)C(Cc2ccccc2)C(=O)NC(C)C)c2cccc(Cl)c2Cl)cc1. The molecule has 2 amide bonds. The molecule has 0 aliphatic heterocycles.